The molecule has 0 radical (unpaired) electrons. The Balaban J connectivity index is 2.12. The first-order chi connectivity index (χ1) is 9.11. The van der Waals surface area contributed by atoms with Gasteiger partial charge in [-0.2, -0.15) is 0 Å². The van der Waals surface area contributed by atoms with Crippen molar-refractivity contribution >= 4 is 11.5 Å². The summed E-state index contributed by atoms with van der Waals surface area (Å²) in [6, 6.07) is 4.00. The third-order valence-electron chi connectivity index (χ3n) is 3.33. The van der Waals surface area contributed by atoms with Crippen LogP contribution < -0.4 is 0 Å². The Kier molecular flexibility index (Phi) is 4.20. The maximum atomic E-state index is 13.7. The van der Waals surface area contributed by atoms with Gasteiger partial charge in [-0.15, -0.1) is 0 Å². The molecule has 3 nitrogen and oxygen atoms in total. The zero-order valence-corrected chi connectivity index (χ0v) is 10.9. The highest BCUT2D eigenvalue weighted by molar-refractivity contribution is 5.76. The highest BCUT2D eigenvalue weighted by Gasteiger charge is 2.24. The van der Waals surface area contributed by atoms with Crippen molar-refractivity contribution in [1.29, 1.82) is 0 Å². The topological polar surface area (TPSA) is 46.5 Å². The molecule has 2 rings (SSSR count). The van der Waals surface area contributed by atoms with Crippen molar-refractivity contribution in [3.63, 3.8) is 0 Å². The molecule has 1 aliphatic carbocycles. The lowest BCUT2D eigenvalue weighted by Crippen LogP contribution is -2.19. The van der Waals surface area contributed by atoms with Crippen molar-refractivity contribution in [1.82, 2.24) is 0 Å². The number of benzene rings is 1. The van der Waals surface area contributed by atoms with E-state index in [-0.39, 0.29) is 23.5 Å². The maximum absolute atomic E-state index is 13.7. The van der Waals surface area contributed by atoms with E-state index in [9.17, 15) is 14.3 Å². The molecule has 0 spiro atoms. The second-order valence-electron chi connectivity index (χ2n) is 4.62. The zero-order chi connectivity index (χ0) is 13.8. The van der Waals surface area contributed by atoms with Crippen LogP contribution >= 0.6 is 0 Å². The summed E-state index contributed by atoms with van der Waals surface area (Å²) in [6.45, 7) is 2.16. The smallest absolute Gasteiger partial charge is 0.309 e. The third-order valence-corrected chi connectivity index (χ3v) is 3.33. The van der Waals surface area contributed by atoms with Crippen LogP contribution in [0, 0.1) is 11.7 Å². The Morgan fingerprint density at radius 1 is 1.53 bits per heavy atom. The molecule has 1 N–H and O–H groups in total. The van der Waals surface area contributed by atoms with Crippen LogP contribution in [0.15, 0.2) is 24.3 Å². The second kappa shape index (κ2) is 5.87. The molecule has 1 aromatic rings. The molecule has 0 saturated heterocycles. The van der Waals surface area contributed by atoms with Gasteiger partial charge in [0.05, 0.1) is 12.5 Å². The van der Waals surface area contributed by atoms with Gasteiger partial charge in [0.15, 0.2) is 0 Å². The van der Waals surface area contributed by atoms with Crippen LogP contribution in [-0.2, 0) is 9.53 Å². The Morgan fingerprint density at radius 2 is 2.32 bits per heavy atom. The fourth-order valence-electron chi connectivity index (χ4n) is 2.31. The molecule has 1 aromatic carbocycles. The van der Waals surface area contributed by atoms with Crippen molar-refractivity contribution in [2.45, 2.75) is 26.2 Å². The van der Waals surface area contributed by atoms with Crippen LogP contribution in [-0.4, -0.2) is 17.7 Å². The van der Waals surface area contributed by atoms with Crippen LogP contribution in [0.5, 0.6) is 5.75 Å². The lowest BCUT2D eigenvalue weighted by molar-refractivity contribution is -0.148. The highest BCUT2D eigenvalue weighted by Crippen LogP contribution is 2.33. The van der Waals surface area contributed by atoms with Gasteiger partial charge in [-0.25, -0.2) is 4.39 Å². The van der Waals surface area contributed by atoms with E-state index in [1.807, 2.05) is 6.08 Å². The summed E-state index contributed by atoms with van der Waals surface area (Å²) in [5, 5.41) is 9.41. The summed E-state index contributed by atoms with van der Waals surface area (Å²) in [5.74, 6) is -0.623. The molecule has 19 heavy (non-hydrogen) atoms. The summed E-state index contributed by atoms with van der Waals surface area (Å²) in [4.78, 5) is 11.6. The summed E-state index contributed by atoms with van der Waals surface area (Å²) >= 11 is 0. The molecule has 0 fully saturated rings. The number of hydrogen-bond donors (Lipinski definition) is 1. The van der Waals surface area contributed by atoms with Crippen LogP contribution in [0.3, 0.4) is 0 Å². The summed E-state index contributed by atoms with van der Waals surface area (Å²) in [5.41, 5.74) is 1.26. The number of rotatable bonds is 3. The molecule has 0 saturated carbocycles. The van der Waals surface area contributed by atoms with E-state index in [0.717, 1.165) is 5.57 Å². The van der Waals surface area contributed by atoms with Gasteiger partial charge in [-0.3, -0.25) is 4.79 Å². The van der Waals surface area contributed by atoms with Gasteiger partial charge >= 0.3 is 5.97 Å². The van der Waals surface area contributed by atoms with Crippen LogP contribution in [0.4, 0.5) is 4.39 Å². The number of carbonyl (C=O) groups excluding carboxylic acids is 1. The van der Waals surface area contributed by atoms with E-state index < -0.39 is 0 Å². The maximum Gasteiger partial charge on any atom is 0.309 e. The molecule has 0 aliphatic heterocycles. The van der Waals surface area contributed by atoms with Gasteiger partial charge in [-0.1, -0.05) is 6.08 Å². The quantitative estimate of drug-likeness (QED) is 0.852. The standard InChI is InChI=1S/C15H17FO3/c1-2-19-15(18)11-5-3-10(4-6-11)13-9-12(17)7-8-14(13)16/h3,7-9,11,17H,2,4-6H2,1H3. The van der Waals surface area contributed by atoms with Gasteiger partial charge in [0.25, 0.3) is 0 Å². The van der Waals surface area contributed by atoms with E-state index in [1.54, 1.807) is 6.92 Å². The lowest BCUT2D eigenvalue weighted by atomic mass is 9.86. The number of hydrogen-bond acceptors (Lipinski definition) is 3. The Bertz CT molecular complexity index is 508. The molecule has 102 valence electrons. The minimum atomic E-state index is -0.348. The predicted octanol–water partition coefficient (Wildman–Crippen LogP) is 3.28. The minimum Gasteiger partial charge on any atom is -0.508 e. The molecule has 1 atom stereocenters. The first-order valence-corrected chi connectivity index (χ1v) is 6.46. The van der Waals surface area contributed by atoms with E-state index in [1.165, 1.54) is 18.2 Å². The molecular weight excluding hydrogens is 247 g/mol. The van der Waals surface area contributed by atoms with E-state index >= 15 is 0 Å². The summed E-state index contributed by atoms with van der Waals surface area (Å²) in [7, 11) is 0. The first-order valence-electron chi connectivity index (χ1n) is 6.46. The predicted molar refractivity (Wildman–Crippen MR) is 70.0 cm³/mol. The summed E-state index contributed by atoms with van der Waals surface area (Å²) < 4.78 is 18.7. The first kappa shape index (κ1) is 13.6. The molecule has 0 amide bonds. The van der Waals surface area contributed by atoms with Gasteiger partial charge in [0, 0.05) is 5.56 Å². The molecular formula is C15H17FO3. The van der Waals surface area contributed by atoms with Crippen molar-refractivity contribution in [3.05, 3.63) is 35.7 Å². The number of phenols is 1. The highest BCUT2D eigenvalue weighted by atomic mass is 19.1. The van der Waals surface area contributed by atoms with Crippen molar-refractivity contribution in [2.75, 3.05) is 6.61 Å². The normalized spacial score (nSPS) is 18.8. The number of phenolic OH excluding ortho intramolecular Hbond substituents is 1. The molecule has 1 aliphatic rings. The Morgan fingerprint density at radius 3 is 2.95 bits per heavy atom. The molecule has 1 unspecified atom stereocenters. The van der Waals surface area contributed by atoms with E-state index in [0.29, 0.717) is 31.4 Å². The number of carbonyl (C=O) groups is 1. The minimum absolute atomic E-state index is 0.0461. The second-order valence-corrected chi connectivity index (χ2v) is 4.62. The third kappa shape index (κ3) is 3.13. The number of esters is 1. The Labute approximate surface area is 111 Å². The van der Waals surface area contributed by atoms with Gasteiger partial charge in [0.1, 0.15) is 11.6 Å². The van der Waals surface area contributed by atoms with Crippen molar-refractivity contribution in [2.24, 2.45) is 5.92 Å². The van der Waals surface area contributed by atoms with Crippen LogP contribution in [0.2, 0.25) is 0 Å². The number of ether oxygens (including phenoxy) is 1. The average molecular weight is 264 g/mol. The molecule has 0 aromatic heterocycles. The van der Waals surface area contributed by atoms with Gasteiger partial charge in [0.2, 0.25) is 0 Å². The summed E-state index contributed by atoms with van der Waals surface area (Å²) in [6.07, 6.45) is 3.69. The fraction of sp³-hybridized carbons (Fsp3) is 0.400. The Hall–Kier alpha value is -1.84. The van der Waals surface area contributed by atoms with E-state index in [2.05, 4.69) is 0 Å². The molecule has 0 bridgehead atoms. The van der Waals surface area contributed by atoms with Crippen molar-refractivity contribution < 1.29 is 19.0 Å². The van der Waals surface area contributed by atoms with E-state index in [4.69, 9.17) is 4.74 Å². The van der Waals surface area contributed by atoms with Crippen molar-refractivity contribution in [3.8, 4) is 5.75 Å². The monoisotopic (exact) mass is 264 g/mol. The van der Waals surface area contributed by atoms with Gasteiger partial charge in [-0.05, 0) is 50.0 Å². The molecule has 4 heteroatoms. The van der Waals surface area contributed by atoms with Crippen LogP contribution in [0.1, 0.15) is 31.7 Å². The average Bonchev–Trinajstić information content (AvgIpc) is 2.42. The molecule has 0 heterocycles. The number of allylic oxidation sites excluding steroid dienone is 2. The lowest BCUT2D eigenvalue weighted by Gasteiger charge is -2.21. The zero-order valence-electron chi connectivity index (χ0n) is 10.9. The van der Waals surface area contributed by atoms with Gasteiger partial charge < -0.3 is 9.84 Å². The fourth-order valence-corrected chi connectivity index (χ4v) is 2.31. The number of halogens is 1. The largest absolute Gasteiger partial charge is 0.508 e. The SMILES string of the molecule is CCOC(=O)C1CC=C(c2cc(O)ccc2F)CC1. The number of aromatic hydroxyl groups is 1. The van der Waals surface area contributed by atoms with Crippen LogP contribution in [0.25, 0.3) is 5.57 Å².